The quantitative estimate of drug-likeness (QED) is 0.467. The van der Waals surface area contributed by atoms with Gasteiger partial charge in [0, 0.05) is 17.3 Å². The molecule has 0 saturated carbocycles. The second kappa shape index (κ2) is 6.45. The third-order valence-electron chi connectivity index (χ3n) is 4.95. The van der Waals surface area contributed by atoms with Crippen LogP contribution in [0.5, 0.6) is 0 Å². The van der Waals surface area contributed by atoms with Crippen molar-refractivity contribution in [2.45, 2.75) is 19.9 Å². The van der Waals surface area contributed by atoms with Gasteiger partial charge in [0.05, 0.1) is 35.6 Å². The van der Waals surface area contributed by atoms with Crippen LogP contribution in [0.4, 0.5) is 0 Å². The molecule has 4 aromatic heterocycles. The number of benzene rings is 1. The molecule has 0 bridgehead atoms. The Labute approximate surface area is 164 Å². The third kappa shape index (κ3) is 2.75. The van der Waals surface area contributed by atoms with Crippen LogP contribution >= 0.6 is 11.3 Å². The fourth-order valence-corrected chi connectivity index (χ4v) is 4.82. The topological polar surface area (TPSA) is 65.8 Å². The highest BCUT2D eigenvalue weighted by Crippen LogP contribution is 2.34. The van der Waals surface area contributed by atoms with Crippen LogP contribution in [-0.4, -0.2) is 19.3 Å². The van der Waals surface area contributed by atoms with Crippen LogP contribution in [0.25, 0.3) is 21.1 Å². The molecule has 0 aliphatic heterocycles. The second-order valence-corrected chi connectivity index (χ2v) is 8.08. The first-order valence-electron chi connectivity index (χ1n) is 9.01. The molecule has 0 unspecified atom stereocenters. The Morgan fingerprint density at radius 3 is 2.93 bits per heavy atom. The van der Waals surface area contributed by atoms with Gasteiger partial charge in [-0.25, -0.2) is 9.67 Å². The number of rotatable bonds is 4. The highest BCUT2D eigenvalue weighted by molar-refractivity contribution is 7.20. The van der Waals surface area contributed by atoms with Gasteiger partial charge in [0.1, 0.15) is 11.8 Å². The van der Waals surface area contributed by atoms with E-state index in [2.05, 4.69) is 22.2 Å². The standard InChI is InChI=1S/C21H18N4O2S/c1-13-4-3-5-14(8-13)12-25-21(26)19-16(11-23-25)20-17(24(19)2)9-15(28-20)10-18-22-6-7-27-18/h3-9,11H,10,12H2,1-2H3. The molecular formula is C21H18N4O2S. The number of hydrogen-bond donors (Lipinski definition) is 0. The van der Waals surface area contributed by atoms with Crippen LogP contribution in [0.3, 0.4) is 0 Å². The number of aromatic nitrogens is 4. The van der Waals surface area contributed by atoms with E-state index in [9.17, 15) is 4.79 Å². The first-order chi connectivity index (χ1) is 13.6. The molecule has 5 aromatic rings. The van der Waals surface area contributed by atoms with E-state index in [1.807, 2.05) is 36.7 Å². The van der Waals surface area contributed by atoms with Crippen molar-refractivity contribution < 1.29 is 4.42 Å². The fraction of sp³-hybridized carbons (Fsp3) is 0.190. The van der Waals surface area contributed by atoms with Gasteiger partial charge in [-0.2, -0.15) is 5.10 Å². The Morgan fingerprint density at radius 2 is 2.14 bits per heavy atom. The van der Waals surface area contributed by atoms with Gasteiger partial charge in [0.15, 0.2) is 5.89 Å². The zero-order valence-electron chi connectivity index (χ0n) is 15.5. The first-order valence-corrected chi connectivity index (χ1v) is 9.82. The van der Waals surface area contributed by atoms with Crippen molar-refractivity contribution >= 4 is 32.5 Å². The normalized spacial score (nSPS) is 11.6. The van der Waals surface area contributed by atoms with Crippen LogP contribution in [0.15, 0.2) is 58.2 Å². The summed E-state index contributed by atoms with van der Waals surface area (Å²) in [6.45, 7) is 2.51. The van der Waals surface area contributed by atoms with Crippen molar-refractivity contribution in [1.82, 2.24) is 19.3 Å². The summed E-state index contributed by atoms with van der Waals surface area (Å²) in [5.41, 5.74) is 3.89. The summed E-state index contributed by atoms with van der Waals surface area (Å²) in [6, 6.07) is 10.3. The van der Waals surface area contributed by atoms with Crippen LogP contribution in [0.1, 0.15) is 21.9 Å². The average molecular weight is 390 g/mol. The van der Waals surface area contributed by atoms with Crippen LogP contribution in [-0.2, 0) is 20.0 Å². The van der Waals surface area contributed by atoms with Gasteiger partial charge in [-0.1, -0.05) is 29.8 Å². The molecule has 6 nitrogen and oxygen atoms in total. The number of oxazole rings is 1. The molecule has 28 heavy (non-hydrogen) atoms. The lowest BCUT2D eigenvalue weighted by atomic mass is 10.1. The zero-order valence-corrected chi connectivity index (χ0v) is 16.4. The van der Waals surface area contributed by atoms with Crippen molar-refractivity contribution in [3.05, 3.63) is 81.2 Å². The maximum absolute atomic E-state index is 13.1. The number of hydrogen-bond acceptors (Lipinski definition) is 5. The highest BCUT2D eigenvalue weighted by atomic mass is 32.1. The molecule has 0 fully saturated rings. The zero-order chi connectivity index (χ0) is 19.3. The lowest BCUT2D eigenvalue weighted by Crippen LogP contribution is -2.24. The fourth-order valence-electron chi connectivity index (χ4n) is 3.63. The van der Waals surface area contributed by atoms with Gasteiger partial charge >= 0.3 is 0 Å². The van der Waals surface area contributed by atoms with E-state index in [0.29, 0.717) is 24.4 Å². The minimum atomic E-state index is -0.0702. The summed E-state index contributed by atoms with van der Waals surface area (Å²) in [5.74, 6) is 0.689. The third-order valence-corrected chi connectivity index (χ3v) is 6.10. The number of fused-ring (bicyclic) bond motifs is 3. The van der Waals surface area contributed by atoms with Gasteiger partial charge in [-0.3, -0.25) is 4.79 Å². The molecule has 140 valence electrons. The molecule has 0 radical (unpaired) electrons. The molecule has 7 heteroatoms. The molecule has 1 aromatic carbocycles. The lowest BCUT2D eigenvalue weighted by molar-refractivity contribution is 0.508. The van der Waals surface area contributed by atoms with E-state index in [0.717, 1.165) is 26.0 Å². The van der Waals surface area contributed by atoms with Crippen molar-refractivity contribution in [2.24, 2.45) is 7.05 Å². The molecule has 0 atom stereocenters. The Morgan fingerprint density at radius 1 is 1.25 bits per heavy atom. The van der Waals surface area contributed by atoms with E-state index >= 15 is 0 Å². The Hall–Kier alpha value is -3.19. The minimum absolute atomic E-state index is 0.0702. The van der Waals surface area contributed by atoms with Crippen molar-refractivity contribution in [3.8, 4) is 0 Å². The molecule has 0 N–H and O–H groups in total. The maximum atomic E-state index is 13.1. The second-order valence-electron chi connectivity index (χ2n) is 6.95. The Balaban J connectivity index is 1.59. The number of nitrogens with zero attached hydrogens (tertiary/aromatic N) is 4. The molecule has 0 aliphatic rings. The largest absolute Gasteiger partial charge is 0.449 e. The predicted molar refractivity (Wildman–Crippen MR) is 110 cm³/mol. The summed E-state index contributed by atoms with van der Waals surface area (Å²) >= 11 is 1.66. The van der Waals surface area contributed by atoms with E-state index in [1.165, 1.54) is 10.2 Å². The lowest BCUT2D eigenvalue weighted by Gasteiger charge is -2.06. The SMILES string of the molecule is Cc1cccc(Cn2ncc3c4sc(Cc5ncco5)cc4n(C)c3c2=O)c1. The monoisotopic (exact) mass is 390 g/mol. The summed E-state index contributed by atoms with van der Waals surface area (Å²) < 4.78 is 9.93. The first kappa shape index (κ1) is 16.9. The minimum Gasteiger partial charge on any atom is -0.449 e. The summed E-state index contributed by atoms with van der Waals surface area (Å²) in [6.07, 6.45) is 5.68. The van der Waals surface area contributed by atoms with Gasteiger partial charge in [-0.05, 0) is 18.6 Å². The molecule has 0 saturated heterocycles. The number of aryl methyl sites for hydroxylation is 2. The molecular weight excluding hydrogens is 372 g/mol. The van der Waals surface area contributed by atoms with E-state index < -0.39 is 0 Å². The Bertz CT molecular complexity index is 1360. The van der Waals surface area contributed by atoms with Crippen molar-refractivity contribution in [3.63, 3.8) is 0 Å². The van der Waals surface area contributed by atoms with Crippen LogP contribution in [0.2, 0.25) is 0 Å². The molecule has 0 aliphatic carbocycles. The summed E-state index contributed by atoms with van der Waals surface area (Å²) in [4.78, 5) is 18.4. The molecule has 0 amide bonds. The van der Waals surface area contributed by atoms with E-state index in [4.69, 9.17) is 4.42 Å². The molecule has 4 heterocycles. The maximum Gasteiger partial charge on any atom is 0.291 e. The predicted octanol–water partition coefficient (Wildman–Crippen LogP) is 3.89. The highest BCUT2D eigenvalue weighted by Gasteiger charge is 2.17. The van der Waals surface area contributed by atoms with Crippen LogP contribution in [0, 0.1) is 6.92 Å². The van der Waals surface area contributed by atoms with E-state index in [1.54, 1.807) is 30.0 Å². The van der Waals surface area contributed by atoms with Gasteiger partial charge < -0.3 is 8.98 Å². The Kier molecular flexibility index (Phi) is 3.91. The summed E-state index contributed by atoms with van der Waals surface area (Å²) in [7, 11) is 1.94. The van der Waals surface area contributed by atoms with Crippen molar-refractivity contribution in [1.29, 1.82) is 0 Å². The van der Waals surface area contributed by atoms with Crippen LogP contribution < -0.4 is 5.56 Å². The molecule has 0 spiro atoms. The average Bonchev–Trinajstić information content (AvgIpc) is 3.37. The van der Waals surface area contributed by atoms with Crippen molar-refractivity contribution in [2.75, 3.05) is 0 Å². The van der Waals surface area contributed by atoms with Gasteiger partial charge in [-0.15, -0.1) is 11.3 Å². The smallest absolute Gasteiger partial charge is 0.291 e. The molecule has 5 rings (SSSR count). The van der Waals surface area contributed by atoms with Gasteiger partial charge in [0.2, 0.25) is 0 Å². The summed E-state index contributed by atoms with van der Waals surface area (Å²) in [5, 5.41) is 5.34. The van der Waals surface area contributed by atoms with Gasteiger partial charge in [0.25, 0.3) is 5.56 Å². The number of thiophene rings is 1. The van der Waals surface area contributed by atoms with E-state index in [-0.39, 0.29) is 5.56 Å².